The van der Waals surface area contributed by atoms with Crippen molar-refractivity contribution in [3.8, 4) is 11.3 Å². The number of hydrogen-bond donors (Lipinski definition) is 3. The van der Waals surface area contributed by atoms with Crippen molar-refractivity contribution in [2.45, 2.75) is 18.4 Å². The molecule has 1 amide bonds. The van der Waals surface area contributed by atoms with Gasteiger partial charge in [0.1, 0.15) is 11.5 Å². The van der Waals surface area contributed by atoms with Gasteiger partial charge in [-0.3, -0.25) is 4.79 Å². The first-order valence-corrected chi connectivity index (χ1v) is 9.93. The third kappa shape index (κ3) is 4.32. The van der Waals surface area contributed by atoms with Crippen molar-refractivity contribution in [3.05, 3.63) is 77.6 Å². The standard InChI is InChI=1S/C23H24N4O3/c24-22-21(26-19(12-25-22)18-10-11-30-14-18)16-6-8-17(9-7-16)23(29)27-20(13-28)15-4-2-1-3-5-15/h1-9,12,18,20,28H,10-11,13-14H2,(H2,24,25)(H,27,29)/t18-,20-/m1/s1. The van der Waals surface area contributed by atoms with Crippen LogP contribution in [0.5, 0.6) is 0 Å². The molecule has 0 saturated carbocycles. The fourth-order valence-electron chi connectivity index (χ4n) is 3.53. The van der Waals surface area contributed by atoms with Gasteiger partial charge in [0.15, 0.2) is 0 Å². The SMILES string of the molecule is Nc1ncc([C@@H]2CCOC2)nc1-c1ccc(C(=O)N[C@H](CO)c2ccccc2)cc1. The van der Waals surface area contributed by atoms with Gasteiger partial charge in [0.05, 0.1) is 31.1 Å². The lowest BCUT2D eigenvalue weighted by Gasteiger charge is -2.17. The number of aromatic nitrogens is 2. The van der Waals surface area contributed by atoms with Crippen LogP contribution in [0.4, 0.5) is 5.82 Å². The van der Waals surface area contributed by atoms with Gasteiger partial charge in [0.25, 0.3) is 5.91 Å². The van der Waals surface area contributed by atoms with E-state index >= 15 is 0 Å². The molecule has 7 heteroatoms. The van der Waals surface area contributed by atoms with Crippen molar-refractivity contribution in [1.29, 1.82) is 0 Å². The summed E-state index contributed by atoms with van der Waals surface area (Å²) in [7, 11) is 0. The number of nitrogens with two attached hydrogens (primary N) is 1. The van der Waals surface area contributed by atoms with Crippen LogP contribution in [0.25, 0.3) is 11.3 Å². The first-order chi connectivity index (χ1) is 14.7. The summed E-state index contributed by atoms with van der Waals surface area (Å²) in [6, 6.07) is 16.0. The zero-order valence-corrected chi connectivity index (χ0v) is 16.5. The molecule has 3 aromatic rings. The number of nitrogens with zero attached hydrogens (tertiary/aromatic N) is 2. The molecule has 154 valence electrons. The van der Waals surface area contributed by atoms with Gasteiger partial charge in [-0.2, -0.15) is 0 Å². The minimum Gasteiger partial charge on any atom is -0.394 e. The average molecular weight is 404 g/mol. The Bertz CT molecular complexity index is 1000. The van der Waals surface area contributed by atoms with Crippen LogP contribution in [0.15, 0.2) is 60.8 Å². The van der Waals surface area contributed by atoms with Gasteiger partial charge in [0, 0.05) is 23.7 Å². The molecule has 30 heavy (non-hydrogen) atoms. The number of nitrogen functional groups attached to an aromatic ring is 1. The van der Waals surface area contributed by atoms with E-state index in [-0.39, 0.29) is 18.4 Å². The van der Waals surface area contributed by atoms with Gasteiger partial charge >= 0.3 is 0 Å². The number of rotatable bonds is 6. The number of amides is 1. The van der Waals surface area contributed by atoms with E-state index in [1.807, 2.05) is 30.3 Å². The van der Waals surface area contributed by atoms with Crippen molar-refractivity contribution < 1.29 is 14.6 Å². The maximum Gasteiger partial charge on any atom is 0.251 e. The highest BCUT2D eigenvalue weighted by atomic mass is 16.5. The summed E-state index contributed by atoms with van der Waals surface area (Å²) in [5.41, 5.74) is 9.65. The van der Waals surface area contributed by atoms with Gasteiger partial charge < -0.3 is 20.9 Å². The Morgan fingerprint density at radius 2 is 1.97 bits per heavy atom. The Balaban J connectivity index is 1.51. The van der Waals surface area contributed by atoms with Crippen LogP contribution in [-0.4, -0.2) is 40.8 Å². The molecule has 1 aliphatic heterocycles. The number of carbonyl (C=O) groups is 1. The second kappa shape index (κ2) is 9.02. The molecule has 0 aliphatic carbocycles. The molecule has 0 spiro atoms. The van der Waals surface area contributed by atoms with E-state index in [4.69, 9.17) is 15.5 Å². The van der Waals surface area contributed by atoms with Crippen LogP contribution in [0.2, 0.25) is 0 Å². The van der Waals surface area contributed by atoms with Crippen molar-refractivity contribution in [1.82, 2.24) is 15.3 Å². The van der Waals surface area contributed by atoms with E-state index in [9.17, 15) is 9.90 Å². The summed E-state index contributed by atoms with van der Waals surface area (Å²) in [6.07, 6.45) is 2.63. The molecule has 1 aliphatic rings. The number of ether oxygens (including phenoxy) is 1. The lowest BCUT2D eigenvalue weighted by atomic mass is 10.0. The zero-order valence-electron chi connectivity index (χ0n) is 16.5. The van der Waals surface area contributed by atoms with Gasteiger partial charge in [-0.15, -0.1) is 0 Å². The summed E-state index contributed by atoms with van der Waals surface area (Å²) in [5.74, 6) is 0.315. The third-order valence-corrected chi connectivity index (χ3v) is 5.28. The summed E-state index contributed by atoms with van der Waals surface area (Å²) < 4.78 is 5.44. The molecular formula is C23H24N4O3. The summed E-state index contributed by atoms with van der Waals surface area (Å²) >= 11 is 0. The lowest BCUT2D eigenvalue weighted by Crippen LogP contribution is -2.30. The Hall–Kier alpha value is -3.29. The van der Waals surface area contributed by atoms with Crippen LogP contribution >= 0.6 is 0 Å². The second-order valence-electron chi connectivity index (χ2n) is 7.29. The minimum absolute atomic E-state index is 0.183. The predicted molar refractivity (Wildman–Crippen MR) is 114 cm³/mol. The van der Waals surface area contributed by atoms with Crippen LogP contribution < -0.4 is 11.1 Å². The zero-order chi connectivity index (χ0) is 20.9. The highest BCUT2D eigenvalue weighted by Gasteiger charge is 2.21. The fourth-order valence-corrected chi connectivity index (χ4v) is 3.53. The topological polar surface area (TPSA) is 110 Å². The summed E-state index contributed by atoms with van der Waals surface area (Å²) in [5, 5.41) is 12.5. The van der Waals surface area contributed by atoms with Gasteiger partial charge in [-0.05, 0) is 24.1 Å². The molecule has 4 N–H and O–H groups in total. The van der Waals surface area contributed by atoms with E-state index < -0.39 is 6.04 Å². The average Bonchev–Trinajstić information content (AvgIpc) is 3.33. The first kappa shape index (κ1) is 20.0. The number of anilines is 1. The van der Waals surface area contributed by atoms with Crippen molar-refractivity contribution >= 4 is 11.7 Å². The van der Waals surface area contributed by atoms with Crippen LogP contribution in [0.3, 0.4) is 0 Å². The van der Waals surface area contributed by atoms with Gasteiger partial charge in [-0.25, -0.2) is 9.97 Å². The van der Waals surface area contributed by atoms with Crippen molar-refractivity contribution in [3.63, 3.8) is 0 Å². The highest BCUT2D eigenvalue weighted by Crippen LogP contribution is 2.28. The lowest BCUT2D eigenvalue weighted by molar-refractivity contribution is 0.0916. The van der Waals surface area contributed by atoms with E-state index in [0.29, 0.717) is 23.7 Å². The normalized spacial score (nSPS) is 16.9. The van der Waals surface area contributed by atoms with Crippen LogP contribution in [0.1, 0.15) is 40.0 Å². The summed E-state index contributed by atoms with van der Waals surface area (Å²) in [4.78, 5) is 21.6. The third-order valence-electron chi connectivity index (χ3n) is 5.28. The first-order valence-electron chi connectivity index (χ1n) is 9.93. The van der Waals surface area contributed by atoms with Crippen LogP contribution in [-0.2, 0) is 4.74 Å². The number of nitrogens with one attached hydrogen (secondary N) is 1. The maximum absolute atomic E-state index is 12.6. The smallest absolute Gasteiger partial charge is 0.251 e. The Kier molecular flexibility index (Phi) is 6.02. The van der Waals surface area contributed by atoms with E-state index in [1.165, 1.54) is 0 Å². The van der Waals surface area contributed by atoms with Gasteiger partial charge in [-0.1, -0.05) is 42.5 Å². The van der Waals surface area contributed by atoms with E-state index in [0.717, 1.165) is 29.8 Å². The molecule has 0 unspecified atom stereocenters. The molecule has 0 radical (unpaired) electrons. The Morgan fingerprint density at radius 1 is 1.20 bits per heavy atom. The predicted octanol–water partition coefficient (Wildman–Crippen LogP) is 2.69. The molecule has 1 aromatic heterocycles. The molecule has 1 saturated heterocycles. The number of aliphatic hydroxyl groups is 1. The van der Waals surface area contributed by atoms with Crippen LogP contribution in [0, 0.1) is 0 Å². The van der Waals surface area contributed by atoms with E-state index in [1.54, 1.807) is 30.5 Å². The fraction of sp³-hybridized carbons (Fsp3) is 0.261. The molecule has 2 atom stereocenters. The van der Waals surface area contributed by atoms with Crippen molar-refractivity contribution in [2.75, 3.05) is 25.6 Å². The highest BCUT2D eigenvalue weighted by molar-refractivity contribution is 5.95. The second-order valence-corrected chi connectivity index (χ2v) is 7.29. The molecule has 2 heterocycles. The Labute approximate surface area is 174 Å². The molecular weight excluding hydrogens is 380 g/mol. The maximum atomic E-state index is 12.6. The minimum atomic E-state index is -0.467. The summed E-state index contributed by atoms with van der Waals surface area (Å²) in [6.45, 7) is 1.19. The van der Waals surface area contributed by atoms with Gasteiger partial charge in [0.2, 0.25) is 0 Å². The monoisotopic (exact) mass is 404 g/mol. The van der Waals surface area contributed by atoms with E-state index in [2.05, 4.69) is 10.3 Å². The van der Waals surface area contributed by atoms with Crippen molar-refractivity contribution in [2.24, 2.45) is 0 Å². The number of hydrogen-bond acceptors (Lipinski definition) is 6. The molecule has 7 nitrogen and oxygen atoms in total. The Morgan fingerprint density at radius 3 is 2.63 bits per heavy atom. The molecule has 4 rings (SSSR count). The quantitative estimate of drug-likeness (QED) is 0.583. The number of aliphatic hydroxyl groups excluding tert-OH is 1. The molecule has 0 bridgehead atoms. The number of benzene rings is 2. The largest absolute Gasteiger partial charge is 0.394 e. The number of carbonyl (C=O) groups excluding carboxylic acids is 1. The molecule has 1 fully saturated rings. The molecule has 2 aromatic carbocycles.